The SMILES string of the molecule is CC(C)(C)OC(=O)N/N=C\c1ccc(OC(F)F)cc1. The maximum absolute atomic E-state index is 11.9. The summed E-state index contributed by atoms with van der Waals surface area (Å²) in [7, 11) is 0. The number of benzene rings is 1. The predicted octanol–water partition coefficient (Wildman–Crippen LogP) is 3.15. The monoisotopic (exact) mass is 286 g/mol. The molecule has 0 spiro atoms. The lowest BCUT2D eigenvalue weighted by Gasteiger charge is -2.18. The van der Waals surface area contributed by atoms with Crippen LogP contribution < -0.4 is 10.2 Å². The fourth-order valence-corrected chi connectivity index (χ4v) is 1.20. The third-order valence-electron chi connectivity index (χ3n) is 1.87. The van der Waals surface area contributed by atoms with Crippen LogP contribution in [0.4, 0.5) is 13.6 Å². The molecule has 0 atom stereocenters. The van der Waals surface area contributed by atoms with E-state index in [2.05, 4.69) is 15.3 Å². The zero-order chi connectivity index (χ0) is 15.2. The van der Waals surface area contributed by atoms with Gasteiger partial charge in [0.15, 0.2) is 0 Å². The standard InChI is InChI=1S/C13H16F2N2O3/c1-13(2,3)20-12(18)17-16-8-9-4-6-10(7-5-9)19-11(14)15/h4-8,11H,1-3H3,(H,17,18)/b16-8-. The van der Waals surface area contributed by atoms with Crippen molar-refractivity contribution in [1.29, 1.82) is 0 Å². The van der Waals surface area contributed by atoms with Crippen LogP contribution in [0.25, 0.3) is 0 Å². The van der Waals surface area contributed by atoms with Crippen LogP contribution >= 0.6 is 0 Å². The molecular weight excluding hydrogens is 270 g/mol. The van der Waals surface area contributed by atoms with E-state index in [4.69, 9.17) is 4.74 Å². The number of alkyl halides is 2. The van der Waals surface area contributed by atoms with E-state index in [9.17, 15) is 13.6 Å². The summed E-state index contributed by atoms with van der Waals surface area (Å²) < 4.78 is 33.0. The number of nitrogens with one attached hydrogen (secondary N) is 1. The number of carbonyl (C=O) groups is 1. The Kier molecular flexibility index (Phi) is 5.42. The summed E-state index contributed by atoms with van der Waals surface area (Å²) in [6.07, 6.45) is 0.683. The highest BCUT2D eigenvalue weighted by molar-refractivity contribution is 5.81. The van der Waals surface area contributed by atoms with Gasteiger partial charge in [0.25, 0.3) is 0 Å². The minimum absolute atomic E-state index is 0.0530. The Morgan fingerprint density at radius 1 is 1.30 bits per heavy atom. The number of hydrogen-bond donors (Lipinski definition) is 1. The highest BCUT2D eigenvalue weighted by Gasteiger charge is 2.15. The summed E-state index contributed by atoms with van der Waals surface area (Å²) >= 11 is 0. The van der Waals surface area contributed by atoms with Crippen LogP contribution in [0.3, 0.4) is 0 Å². The minimum Gasteiger partial charge on any atom is -0.443 e. The molecule has 20 heavy (non-hydrogen) atoms. The van der Waals surface area contributed by atoms with Crippen molar-refractivity contribution >= 4 is 12.3 Å². The first-order valence-electron chi connectivity index (χ1n) is 5.83. The highest BCUT2D eigenvalue weighted by atomic mass is 19.3. The number of hydrogen-bond acceptors (Lipinski definition) is 4. The topological polar surface area (TPSA) is 59.9 Å². The third kappa shape index (κ3) is 6.67. The lowest BCUT2D eigenvalue weighted by molar-refractivity contribution is -0.0498. The lowest BCUT2D eigenvalue weighted by atomic mass is 10.2. The van der Waals surface area contributed by atoms with Crippen LogP contribution in [0.1, 0.15) is 26.3 Å². The van der Waals surface area contributed by atoms with Gasteiger partial charge in [-0.1, -0.05) is 0 Å². The molecule has 0 fully saturated rings. The molecule has 0 radical (unpaired) electrons. The first-order valence-corrected chi connectivity index (χ1v) is 5.83. The van der Waals surface area contributed by atoms with Crippen LogP contribution in [-0.2, 0) is 4.74 Å². The smallest absolute Gasteiger partial charge is 0.428 e. The normalized spacial score (nSPS) is 11.7. The Labute approximate surface area is 115 Å². The van der Waals surface area contributed by atoms with E-state index >= 15 is 0 Å². The molecule has 0 aliphatic heterocycles. The Hall–Kier alpha value is -2.18. The number of rotatable bonds is 4. The number of amides is 1. The summed E-state index contributed by atoms with van der Waals surface area (Å²) in [6, 6.07) is 5.80. The molecule has 5 nitrogen and oxygen atoms in total. The van der Waals surface area contributed by atoms with E-state index in [1.165, 1.54) is 30.5 Å². The summed E-state index contributed by atoms with van der Waals surface area (Å²) in [5, 5.41) is 3.68. The third-order valence-corrected chi connectivity index (χ3v) is 1.87. The Morgan fingerprint density at radius 3 is 2.40 bits per heavy atom. The molecule has 1 N–H and O–H groups in total. The van der Waals surface area contributed by atoms with Gasteiger partial charge in [-0.2, -0.15) is 13.9 Å². The van der Waals surface area contributed by atoms with Gasteiger partial charge in [-0.25, -0.2) is 10.2 Å². The largest absolute Gasteiger partial charge is 0.443 e. The van der Waals surface area contributed by atoms with Gasteiger partial charge in [-0.3, -0.25) is 0 Å². The molecule has 0 saturated carbocycles. The summed E-state index contributed by atoms with van der Waals surface area (Å²) in [5.41, 5.74) is 2.20. The Balaban J connectivity index is 2.48. The zero-order valence-electron chi connectivity index (χ0n) is 11.4. The van der Waals surface area contributed by atoms with Crippen molar-refractivity contribution in [1.82, 2.24) is 5.43 Å². The molecule has 1 aromatic carbocycles. The van der Waals surface area contributed by atoms with Crippen molar-refractivity contribution in [2.75, 3.05) is 0 Å². The van der Waals surface area contributed by atoms with Crippen LogP contribution in [0.5, 0.6) is 5.75 Å². The van der Waals surface area contributed by atoms with E-state index in [-0.39, 0.29) is 5.75 Å². The second-order valence-electron chi connectivity index (χ2n) is 4.82. The van der Waals surface area contributed by atoms with Crippen LogP contribution in [-0.4, -0.2) is 24.5 Å². The molecule has 0 aliphatic rings. The van der Waals surface area contributed by atoms with Gasteiger partial charge in [-0.05, 0) is 50.6 Å². The van der Waals surface area contributed by atoms with Crippen LogP contribution in [0, 0.1) is 0 Å². The maximum Gasteiger partial charge on any atom is 0.428 e. The van der Waals surface area contributed by atoms with Gasteiger partial charge >= 0.3 is 12.7 Å². The average Bonchev–Trinajstić information content (AvgIpc) is 2.28. The average molecular weight is 286 g/mol. The summed E-state index contributed by atoms with van der Waals surface area (Å²) in [5.74, 6) is 0.0530. The summed E-state index contributed by atoms with van der Waals surface area (Å²) in [4.78, 5) is 11.3. The van der Waals surface area contributed by atoms with Crippen LogP contribution in [0.2, 0.25) is 0 Å². The number of ether oxygens (including phenoxy) is 2. The van der Waals surface area contributed by atoms with Crippen molar-refractivity contribution in [2.45, 2.75) is 33.0 Å². The van der Waals surface area contributed by atoms with Gasteiger partial charge < -0.3 is 9.47 Å². The molecule has 1 amide bonds. The Morgan fingerprint density at radius 2 is 1.90 bits per heavy atom. The number of halogens is 2. The molecule has 0 aromatic heterocycles. The molecular formula is C13H16F2N2O3. The van der Waals surface area contributed by atoms with Gasteiger partial charge in [0.2, 0.25) is 0 Å². The minimum atomic E-state index is -2.86. The molecule has 0 saturated heterocycles. The van der Waals surface area contributed by atoms with Gasteiger partial charge in [0, 0.05) is 0 Å². The van der Waals surface area contributed by atoms with E-state index in [1.54, 1.807) is 20.8 Å². The predicted molar refractivity (Wildman–Crippen MR) is 70.0 cm³/mol. The second kappa shape index (κ2) is 6.83. The van der Waals surface area contributed by atoms with E-state index in [0.29, 0.717) is 5.56 Å². The molecule has 1 rings (SSSR count). The van der Waals surface area contributed by atoms with E-state index < -0.39 is 18.3 Å². The fraction of sp³-hybridized carbons (Fsp3) is 0.385. The molecule has 7 heteroatoms. The fourth-order valence-electron chi connectivity index (χ4n) is 1.20. The van der Waals surface area contributed by atoms with Crippen molar-refractivity contribution in [3.63, 3.8) is 0 Å². The van der Waals surface area contributed by atoms with Crippen molar-refractivity contribution in [3.8, 4) is 5.75 Å². The molecule has 110 valence electrons. The second-order valence-corrected chi connectivity index (χ2v) is 4.82. The Bertz CT molecular complexity index is 467. The van der Waals surface area contributed by atoms with Crippen molar-refractivity contribution < 1.29 is 23.0 Å². The lowest BCUT2D eigenvalue weighted by Crippen LogP contribution is -2.29. The molecule has 0 bridgehead atoms. The molecule has 0 unspecified atom stereocenters. The van der Waals surface area contributed by atoms with Gasteiger partial charge in [0.1, 0.15) is 11.4 Å². The van der Waals surface area contributed by atoms with Crippen molar-refractivity contribution in [2.24, 2.45) is 5.10 Å². The van der Waals surface area contributed by atoms with E-state index in [0.717, 1.165) is 0 Å². The number of carbonyl (C=O) groups excluding carboxylic acids is 1. The van der Waals surface area contributed by atoms with E-state index in [1.807, 2.05) is 0 Å². The van der Waals surface area contributed by atoms with Crippen molar-refractivity contribution in [3.05, 3.63) is 29.8 Å². The molecule has 0 heterocycles. The number of nitrogens with zero attached hydrogens (tertiary/aromatic N) is 1. The van der Waals surface area contributed by atoms with Crippen LogP contribution in [0.15, 0.2) is 29.4 Å². The first-order chi connectivity index (χ1) is 9.26. The highest BCUT2D eigenvalue weighted by Crippen LogP contribution is 2.13. The maximum atomic E-state index is 11.9. The van der Waals surface area contributed by atoms with Gasteiger partial charge in [-0.15, -0.1) is 0 Å². The quantitative estimate of drug-likeness (QED) is 0.683. The first kappa shape index (κ1) is 15.9. The number of hydrazone groups is 1. The summed E-state index contributed by atoms with van der Waals surface area (Å²) in [6.45, 7) is 2.34. The molecule has 1 aromatic rings. The zero-order valence-corrected chi connectivity index (χ0v) is 11.4. The molecule has 0 aliphatic carbocycles. The van der Waals surface area contributed by atoms with Gasteiger partial charge in [0.05, 0.1) is 6.21 Å².